The van der Waals surface area contributed by atoms with Crippen LogP contribution in [0.4, 0.5) is 8.68 Å². The lowest BCUT2D eigenvalue weighted by Crippen LogP contribution is -2.44. The minimum atomic E-state index is -5.13. The number of hydrogen-bond donors (Lipinski definition) is 2. The molecule has 1 rings (SSSR count). The van der Waals surface area contributed by atoms with Crippen molar-refractivity contribution in [3.63, 3.8) is 0 Å². The Hall–Kier alpha value is -2.36. The third kappa shape index (κ3) is 7.77. The normalized spacial score (nSPS) is 13.0. The van der Waals surface area contributed by atoms with E-state index >= 15 is 0 Å². The molecule has 0 saturated heterocycles. The number of amides is 1. The number of benzene rings is 1. The van der Waals surface area contributed by atoms with Crippen LogP contribution in [0.2, 0.25) is 0 Å². The summed E-state index contributed by atoms with van der Waals surface area (Å²) in [6.45, 7) is 4.92. The molecular weight excluding hydrogens is 345 g/mol. The van der Waals surface area contributed by atoms with Gasteiger partial charge in [0.15, 0.2) is 0 Å². The molecule has 0 bridgehead atoms. The van der Waals surface area contributed by atoms with Crippen molar-refractivity contribution in [1.29, 1.82) is 0 Å². The molecule has 0 aliphatic rings. The van der Waals surface area contributed by atoms with E-state index in [1.807, 2.05) is 0 Å². The maximum Gasteiger partial charge on any atom is 0.488 e. The molecule has 8 nitrogen and oxygen atoms in total. The zero-order valence-electron chi connectivity index (χ0n) is 13.3. The van der Waals surface area contributed by atoms with Crippen LogP contribution in [0.5, 0.6) is 5.75 Å². The fraction of sp³-hybridized carbons (Fsp3) is 0.429. The average molecular weight is 363 g/mol. The highest BCUT2D eigenvalue weighted by molar-refractivity contribution is 7.81. The quantitative estimate of drug-likeness (QED) is 0.740. The molecule has 10 heteroatoms. The molecule has 24 heavy (non-hydrogen) atoms. The highest BCUT2D eigenvalue weighted by Gasteiger charge is 2.24. The van der Waals surface area contributed by atoms with Crippen LogP contribution in [0.15, 0.2) is 24.3 Å². The molecule has 2 N–H and O–H groups in total. The molecule has 0 fully saturated rings. The summed E-state index contributed by atoms with van der Waals surface area (Å²) in [6.07, 6.45) is -0.963. The van der Waals surface area contributed by atoms with Crippen molar-refractivity contribution in [2.75, 3.05) is 0 Å². The largest absolute Gasteiger partial charge is 0.488 e. The van der Waals surface area contributed by atoms with E-state index in [9.17, 15) is 21.9 Å². The minimum absolute atomic E-state index is 0.0861. The second-order valence-electron chi connectivity index (χ2n) is 5.86. The number of carbonyl (C=O) groups excluding carboxylic acids is 1. The Morgan fingerprint density at radius 2 is 1.79 bits per heavy atom. The Balaban J connectivity index is 2.75. The summed E-state index contributed by atoms with van der Waals surface area (Å²) < 4.78 is 42.1. The fourth-order valence-corrected chi connectivity index (χ4v) is 2.02. The number of rotatable bonds is 6. The van der Waals surface area contributed by atoms with Gasteiger partial charge in [-0.2, -0.15) is 8.42 Å². The van der Waals surface area contributed by atoms with Gasteiger partial charge in [-0.05, 0) is 38.5 Å². The number of hydrogen-bond acceptors (Lipinski definition) is 6. The van der Waals surface area contributed by atoms with Gasteiger partial charge in [0.2, 0.25) is 0 Å². The van der Waals surface area contributed by atoms with Crippen molar-refractivity contribution >= 4 is 22.6 Å². The van der Waals surface area contributed by atoms with Crippen molar-refractivity contribution < 1.29 is 35.9 Å². The molecule has 0 spiro atoms. The van der Waals surface area contributed by atoms with Gasteiger partial charge in [0.1, 0.15) is 17.4 Å². The molecule has 134 valence electrons. The number of alkyl carbamates (subject to hydrolysis) is 1. The monoisotopic (exact) mass is 363 g/mol. The van der Waals surface area contributed by atoms with E-state index in [1.54, 1.807) is 20.8 Å². The van der Waals surface area contributed by atoms with E-state index in [4.69, 9.17) is 9.84 Å². The Labute approximate surface area is 139 Å². The highest BCUT2D eigenvalue weighted by Crippen LogP contribution is 2.16. The van der Waals surface area contributed by atoms with E-state index in [2.05, 4.69) is 9.50 Å². The number of nitrogens with one attached hydrogen (secondary N) is 1. The number of carboxylic acid groups (broad SMARTS) is 1. The van der Waals surface area contributed by atoms with Crippen LogP contribution in [-0.4, -0.2) is 37.2 Å². The first-order valence-corrected chi connectivity index (χ1v) is 8.12. The van der Waals surface area contributed by atoms with Crippen molar-refractivity contribution in [1.82, 2.24) is 5.32 Å². The smallest absolute Gasteiger partial charge is 0.480 e. The second kappa shape index (κ2) is 7.47. The van der Waals surface area contributed by atoms with E-state index in [1.165, 1.54) is 24.3 Å². The van der Waals surface area contributed by atoms with Crippen molar-refractivity contribution in [3.05, 3.63) is 29.8 Å². The number of ether oxygens (including phenoxy) is 1. The van der Waals surface area contributed by atoms with Crippen LogP contribution in [0.3, 0.4) is 0 Å². The summed E-state index contributed by atoms with van der Waals surface area (Å²) in [4.78, 5) is 22.9. The lowest BCUT2D eigenvalue weighted by Gasteiger charge is -2.22. The Morgan fingerprint density at radius 1 is 1.25 bits per heavy atom. The maximum atomic E-state index is 12.4. The van der Waals surface area contributed by atoms with Crippen molar-refractivity contribution in [2.45, 2.75) is 38.8 Å². The molecule has 1 unspecified atom stereocenters. The molecular formula is C14H18FNO7S. The van der Waals surface area contributed by atoms with Crippen LogP contribution >= 0.6 is 0 Å². The predicted molar refractivity (Wildman–Crippen MR) is 81.6 cm³/mol. The van der Waals surface area contributed by atoms with E-state index in [-0.39, 0.29) is 12.2 Å². The lowest BCUT2D eigenvalue weighted by molar-refractivity contribution is -0.139. The molecule has 0 aliphatic carbocycles. The molecule has 0 aromatic heterocycles. The van der Waals surface area contributed by atoms with Crippen molar-refractivity contribution in [2.24, 2.45) is 0 Å². The second-order valence-corrected chi connectivity index (χ2v) is 6.81. The SMILES string of the molecule is CC(C)(C)OC(=O)NC(Cc1ccc(OS(=O)(=O)F)cc1)C(=O)O. The minimum Gasteiger partial charge on any atom is -0.480 e. The summed E-state index contributed by atoms with van der Waals surface area (Å²) in [6, 6.07) is 3.79. The zero-order chi connectivity index (χ0) is 18.5. The predicted octanol–water partition coefficient (Wildman–Crippen LogP) is 1.80. The van der Waals surface area contributed by atoms with Gasteiger partial charge in [0, 0.05) is 6.42 Å². The van der Waals surface area contributed by atoms with E-state index in [0.29, 0.717) is 5.56 Å². The fourth-order valence-electron chi connectivity index (χ4n) is 1.68. The molecule has 1 atom stereocenters. The van der Waals surface area contributed by atoms with Crippen LogP contribution in [-0.2, 0) is 26.5 Å². The average Bonchev–Trinajstić information content (AvgIpc) is 2.36. The summed E-state index contributed by atoms with van der Waals surface area (Å²) in [5, 5.41) is 11.4. The van der Waals surface area contributed by atoms with Gasteiger partial charge in [-0.1, -0.05) is 16.0 Å². The molecule has 0 saturated carbocycles. The van der Waals surface area contributed by atoms with Gasteiger partial charge in [0.25, 0.3) is 0 Å². The Kier molecular flexibility index (Phi) is 6.13. The molecule has 0 radical (unpaired) electrons. The van der Waals surface area contributed by atoms with Gasteiger partial charge in [-0.25, -0.2) is 9.59 Å². The third-order valence-electron chi connectivity index (χ3n) is 2.55. The lowest BCUT2D eigenvalue weighted by atomic mass is 10.1. The van der Waals surface area contributed by atoms with Gasteiger partial charge in [-0.3, -0.25) is 0 Å². The maximum absolute atomic E-state index is 12.4. The summed E-state index contributed by atoms with van der Waals surface area (Å²) in [7, 11) is -5.13. The molecule has 0 aliphatic heterocycles. The van der Waals surface area contributed by atoms with Gasteiger partial charge in [0.05, 0.1) is 0 Å². The van der Waals surface area contributed by atoms with Crippen LogP contribution in [0, 0.1) is 0 Å². The summed E-state index contributed by atoms with van der Waals surface area (Å²) in [5.74, 6) is -1.53. The van der Waals surface area contributed by atoms with Crippen LogP contribution < -0.4 is 9.50 Å². The first kappa shape index (κ1) is 19.7. The highest BCUT2D eigenvalue weighted by atomic mass is 32.3. The number of carboxylic acids is 1. The van der Waals surface area contributed by atoms with E-state index in [0.717, 1.165) is 0 Å². The molecule has 1 aromatic rings. The van der Waals surface area contributed by atoms with Crippen LogP contribution in [0.25, 0.3) is 0 Å². The molecule has 1 aromatic carbocycles. The Bertz CT molecular complexity index is 695. The standard InChI is InChI=1S/C14H18FNO7S/c1-14(2,3)22-13(19)16-11(12(17)18)8-9-4-6-10(7-5-9)23-24(15,20)21/h4-7,11H,8H2,1-3H3,(H,16,19)(H,17,18). The first-order valence-electron chi connectivity index (χ1n) is 6.81. The van der Waals surface area contributed by atoms with Gasteiger partial charge in [-0.15, -0.1) is 0 Å². The topological polar surface area (TPSA) is 119 Å². The molecule has 0 heterocycles. The van der Waals surface area contributed by atoms with E-state index < -0.39 is 34.2 Å². The van der Waals surface area contributed by atoms with Gasteiger partial charge < -0.3 is 19.3 Å². The molecule has 1 amide bonds. The Morgan fingerprint density at radius 3 is 2.21 bits per heavy atom. The van der Waals surface area contributed by atoms with Gasteiger partial charge >= 0.3 is 22.6 Å². The number of halogens is 1. The third-order valence-corrected chi connectivity index (χ3v) is 2.94. The summed E-state index contributed by atoms with van der Waals surface area (Å²) in [5.41, 5.74) is -0.314. The summed E-state index contributed by atoms with van der Waals surface area (Å²) >= 11 is 0. The van der Waals surface area contributed by atoms with Crippen LogP contribution in [0.1, 0.15) is 26.3 Å². The number of carbonyl (C=O) groups is 2. The number of aliphatic carboxylic acids is 1. The zero-order valence-corrected chi connectivity index (χ0v) is 14.1. The first-order chi connectivity index (χ1) is 10.9. The van der Waals surface area contributed by atoms with Crippen molar-refractivity contribution in [3.8, 4) is 5.75 Å².